The van der Waals surface area contributed by atoms with Gasteiger partial charge in [-0.15, -0.1) is 11.3 Å². The molecular weight excluding hydrogens is 695 g/mol. The van der Waals surface area contributed by atoms with Gasteiger partial charge >= 0.3 is 0 Å². The molecule has 0 spiro atoms. The van der Waals surface area contributed by atoms with Gasteiger partial charge in [-0.3, -0.25) is 0 Å². The van der Waals surface area contributed by atoms with E-state index >= 15 is 0 Å². The van der Waals surface area contributed by atoms with Gasteiger partial charge in [-0.1, -0.05) is 170 Å². The van der Waals surface area contributed by atoms with Gasteiger partial charge < -0.3 is 0 Å². The van der Waals surface area contributed by atoms with Crippen LogP contribution in [0, 0.1) is 0 Å². The Hall–Kier alpha value is -6.87. The zero-order valence-corrected chi connectivity index (χ0v) is 31.4. The van der Waals surface area contributed by atoms with Crippen LogP contribution in [0.2, 0.25) is 0 Å². The molecule has 11 rings (SSSR count). The van der Waals surface area contributed by atoms with Crippen LogP contribution < -0.4 is 0 Å². The Labute approximate surface area is 330 Å². The van der Waals surface area contributed by atoms with E-state index in [0.29, 0.717) is 0 Å². The predicted molar refractivity (Wildman–Crippen MR) is 236 cm³/mol. The number of fused-ring (bicyclic) bond motifs is 6. The molecule has 0 atom stereocenters. The van der Waals surface area contributed by atoms with Crippen LogP contribution in [-0.4, -0.2) is 4.98 Å². The van der Waals surface area contributed by atoms with Crippen molar-refractivity contribution in [2.24, 2.45) is 0 Å². The summed E-state index contributed by atoms with van der Waals surface area (Å²) in [6, 6.07) is 77.7. The summed E-state index contributed by atoms with van der Waals surface area (Å²) in [5.41, 5.74) is 15.8. The van der Waals surface area contributed by atoms with Gasteiger partial charge in [-0.05, 0) is 98.1 Å². The average molecular weight is 730 g/mol. The minimum Gasteiger partial charge on any atom is -0.248 e. The van der Waals surface area contributed by atoms with Crippen molar-refractivity contribution in [2.45, 2.75) is 5.41 Å². The van der Waals surface area contributed by atoms with E-state index in [1.165, 1.54) is 70.2 Å². The average Bonchev–Trinajstić information content (AvgIpc) is 3.80. The van der Waals surface area contributed by atoms with Crippen molar-refractivity contribution in [1.82, 2.24) is 4.98 Å². The molecule has 0 bridgehead atoms. The summed E-state index contributed by atoms with van der Waals surface area (Å²) < 4.78 is 2.60. The molecular formula is C54H35NS. The number of hydrogen-bond donors (Lipinski definition) is 0. The highest BCUT2D eigenvalue weighted by Crippen LogP contribution is 2.58. The Morgan fingerprint density at radius 3 is 1.64 bits per heavy atom. The quantitative estimate of drug-likeness (QED) is 0.166. The number of benzene rings is 8. The van der Waals surface area contributed by atoms with Crippen LogP contribution in [-0.2, 0) is 5.41 Å². The highest BCUT2D eigenvalue weighted by atomic mass is 32.1. The molecule has 8 aromatic carbocycles. The highest BCUT2D eigenvalue weighted by molar-refractivity contribution is 7.25. The SMILES string of the molecule is c1ccc(-c2cc(-c3ccccc3)nc(-c3cc4c(cc3-c3ccc5sc6ccccc6c5c3)C(c3ccccc3)(c3ccccc3)c3ccccc3-4)c2)cc1. The van der Waals surface area contributed by atoms with E-state index in [1.54, 1.807) is 0 Å². The molecule has 0 unspecified atom stereocenters. The Morgan fingerprint density at radius 1 is 0.321 bits per heavy atom. The normalized spacial score (nSPS) is 12.8. The molecule has 262 valence electrons. The molecule has 0 saturated carbocycles. The zero-order chi connectivity index (χ0) is 37.1. The number of rotatable bonds is 6. The minimum atomic E-state index is -0.518. The van der Waals surface area contributed by atoms with Crippen LogP contribution in [0.5, 0.6) is 0 Å². The molecule has 0 saturated heterocycles. The maximum absolute atomic E-state index is 5.52. The van der Waals surface area contributed by atoms with Gasteiger partial charge in [0.15, 0.2) is 0 Å². The van der Waals surface area contributed by atoms with Gasteiger partial charge in [-0.2, -0.15) is 0 Å². The second-order valence-corrected chi connectivity index (χ2v) is 15.7. The van der Waals surface area contributed by atoms with Crippen LogP contribution >= 0.6 is 11.3 Å². The topological polar surface area (TPSA) is 12.9 Å². The van der Waals surface area contributed by atoms with Crippen molar-refractivity contribution in [3.63, 3.8) is 0 Å². The van der Waals surface area contributed by atoms with Gasteiger partial charge in [0, 0.05) is 31.3 Å². The standard InChI is InChI=1S/C54H35NS/c1-5-17-36(18-6-1)39-32-50(37-19-7-2-8-20-37)55-51(33-39)46-34-45-42-25-13-15-27-48(42)54(40-21-9-3-10-22-40,41-23-11-4-12-24-41)49(45)35-44(46)38-29-30-53-47(31-38)43-26-14-16-28-52(43)56-53/h1-35H. The first-order valence-corrected chi connectivity index (χ1v) is 20.0. The Kier molecular flexibility index (Phi) is 7.65. The highest BCUT2D eigenvalue weighted by Gasteiger charge is 2.46. The largest absolute Gasteiger partial charge is 0.248 e. The summed E-state index contributed by atoms with van der Waals surface area (Å²) in [6.45, 7) is 0. The maximum Gasteiger partial charge on any atom is 0.0722 e. The summed E-state index contributed by atoms with van der Waals surface area (Å²) in [4.78, 5) is 5.52. The summed E-state index contributed by atoms with van der Waals surface area (Å²) in [7, 11) is 0. The summed E-state index contributed by atoms with van der Waals surface area (Å²) in [6.07, 6.45) is 0. The molecule has 0 N–H and O–H groups in total. The first kappa shape index (κ1) is 32.6. The van der Waals surface area contributed by atoms with Crippen LogP contribution in [0.3, 0.4) is 0 Å². The van der Waals surface area contributed by atoms with Crippen molar-refractivity contribution < 1.29 is 0 Å². The van der Waals surface area contributed by atoms with Gasteiger partial charge in [0.05, 0.1) is 16.8 Å². The third-order valence-electron chi connectivity index (χ3n) is 11.6. The van der Waals surface area contributed by atoms with Crippen molar-refractivity contribution in [3.8, 4) is 55.9 Å². The van der Waals surface area contributed by atoms with E-state index in [1.807, 2.05) is 11.3 Å². The molecule has 2 heteroatoms. The number of thiophene rings is 1. The van der Waals surface area contributed by atoms with Gasteiger partial charge in [0.2, 0.25) is 0 Å². The number of hydrogen-bond acceptors (Lipinski definition) is 2. The molecule has 1 aliphatic rings. The molecule has 0 radical (unpaired) electrons. The first-order chi connectivity index (χ1) is 27.8. The monoisotopic (exact) mass is 729 g/mol. The Balaban J connectivity index is 1.27. The maximum atomic E-state index is 5.52. The van der Waals surface area contributed by atoms with Crippen molar-refractivity contribution in [3.05, 3.63) is 235 Å². The van der Waals surface area contributed by atoms with Crippen LogP contribution in [0.4, 0.5) is 0 Å². The van der Waals surface area contributed by atoms with Crippen LogP contribution in [0.15, 0.2) is 212 Å². The summed E-state index contributed by atoms with van der Waals surface area (Å²) in [5, 5.41) is 2.58. The molecule has 0 amide bonds. The summed E-state index contributed by atoms with van der Waals surface area (Å²) in [5.74, 6) is 0. The second kappa shape index (κ2) is 13.2. The van der Waals surface area contributed by atoms with Gasteiger partial charge in [0.25, 0.3) is 0 Å². The lowest BCUT2D eigenvalue weighted by Gasteiger charge is -2.34. The third kappa shape index (κ3) is 5.11. The third-order valence-corrected chi connectivity index (χ3v) is 12.7. The van der Waals surface area contributed by atoms with E-state index in [-0.39, 0.29) is 0 Å². The van der Waals surface area contributed by atoms with Crippen molar-refractivity contribution in [1.29, 1.82) is 0 Å². The van der Waals surface area contributed by atoms with Crippen LogP contribution in [0.25, 0.3) is 76.1 Å². The van der Waals surface area contributed by atoms with Crippen molar-refractivity contribution in [2.75, 3.05) is 0 Å². The number of nitrogens with zero attached hydrogens (tertiary/aromatic N) is 1. The summed E-state index contributed by atoms with van der Waals surface area (Å²) >= 11 is 1.86. The van der Waals surface area contributed by atoms with Gasteiger partial charge in [-0.25, -0.2) is 4.98 Å². The fourth-order valence-electron chi connectivity index (χ4n) is 9.05. The fourth-order valence-corrected chi connectivity index (χ4v) is 10.1. The molecule has 0 fully saturated rings. The number of aromatic nitrogens is 1. The molecule has 56 heavy (non-hydrogen) atoms. The van der Waals surface area contributed by atoms with E-state index in [0.717, 1.165) is 28.1 Å². The molecule has 1 aliphatic carbocycles. The molecule has 10 aromatic rings. The Morgan fingerprint density at radius 2 is 0.911 bits per heavy atom. The predicted octanol–water partition coefficient (Wildman–Crippen LogP) is 14.5. The molecule has 2 heterocycles. The van der Waals surface area contributed by atoms with Crippen LogP contribution in [0.1, 0.15) is 22.3 Å². The molecule has 2 aromatic heterocycles. The first-order valence-electron chi connectivity index (χ1n) is 19.2. The number of pyridine rings is 1. The lowest BCUT2D eigenvalue weighted by atomic mass is 9.67. The second-order valence-electron chi connectivity index (χ2n) is 14.6. The molecule has 0 aliphatic heterocycles. The lowest BCUT2D eigenvalue weighted by molar-refractivity contribution is 0.769. The Bertz CT molecular complexity index is 2960. The van der Waals surface area contributed by atoms with E-state index in [4.69, 9.17) is 4.98 Å². The van der Waals surface area contributed by atoms with Crippen molar-refractivity contribution >= 4 is 31.5 Å². The smallest absolute Gasteiger partial charge is 0.0722 e. The molecule has 1 nitrogen and oxygen atoms in total. The van der Waals surface area contributed by atoms with Gasteiger partial charge in [0.1, 0.15) is 0 Å². The van der Waals surface area contributed by atoms with E-state index < -0.39 is 5.41 Å². The van der Waals surface area contributed by atoms with E-state index in [2.05, 4.69) is 212 Å². The zero-order valence-electron chi connectivity index (χ0n) is 30.6. The minimum absolute atomic E-state index is 0.518. The lowest BCUT2D eigenvalue weighted by Crippen LogP contribution is -2.28. The fraction of sp³-hybridized carbons (Fsp3) is 0.0185. The van der Waals surface area contributed by atoms with E-state index in [9.17, 15) is 0 Å².